The number of rotatable bonds is 9. The zero-order valence-corrected chi connectivity index (χ0v) is 21.0. The van der Waals surface area contributed by atoms with Gasteiger partial charge >= 0.3 is 0 Å². The van der Waals surface area contributed by atoms with Gasteiger partial charge in [-0.25, -0.2) is 0 Å². The summed E-state index contributed by atoms with van der Waals surface area (Å²) in [5.74, 6) is 2.52. The van der Waals surface area contributed by atoms with Gasteiger partial charge in [0, 0.05) is 0 Å². The van der Waals surface area contributed by atoms with Crippen molar-refractivity contribution in [3.05, 3.63) is 83.9 Å². The van der Waals surface area contributed by atoms with Crippen LogP contribution in [0.4, 0.5) is 0 Å². The van der Waals surface area contributed by atoms with Crippen molar-refractivity contribution in [2.45, 2.75) is 84.5 Å². The molecule has 0 heterocycles. The maximum absolute atomic E-state index is 2.51. The van der Waals surface area contributed by atoms with Crippen LogP contribution in [0, 0.1) is 18.8 Å². The van der Waals surface area contributed by atoms with E-state index in [1.807, 2.05) is 0 Å². The number of hydrogen-bond acceptors (Lipinski definition) is 0. The van der Waals surface area contributed by atoms with E-state index in [-0.39, 0.29) is 0 Å². The predicted molar refractivity (Wildman–Crippen MR) is 145 cm³/mol. The van der Waals surface area contributed by atoms with E-state index >= 15 is 0 Å². The second-order valence-electron chi connectivity index (χ2n) is 10.2. The maximum atomic E-state index is 2.51. The van der Waals surface area contributed by atoms with Gasteiger partial charge in [0.25, 0.3) is 0 Å². The van der Waals surface area contributed by atoms with Crippen molar-refractivity contribution in [1.29, 1.82) is 0 Å². The molecule has 0 amide bonds. The first-order valence-electron chi connectivity index (χ1n) is 13.5. The van der Waals surface area contributed by atoms with Gasteiger partial charge in [-0.1, -0.05) is 132 Å². The molecule has 3 aromatic carbocycles. The topological polar surface area (TPSA) is 0 Å². The average molecular weight is 439 g/mol. The molecule has 3 atom stereocenters. The minimum Gasteiger partial charge on any atom is -0.0654 e. The highest BCUT2D eigenvalue weighted by Gasteiger charge is 2.31. The molecule has 33 heavy (non-hydrogen) atoms. The lowest BCUT2D eigenvalue weighted by Gasteiger charge is -2.37. The molecule has 174 valence electrons. The highest BCUT2D eigenvalue weighted by Crippen LogP contribution is 2.44. The molecule has 3 aromatic rings. The van der Waals surface area contributed by atoms with Crippen LogP contribution in [0.15, 0.2) is 72.8 Å². The Kier molecular flexibility index (Phi) is 8.43. The summed E-state index contributed by atoms with van der Waals surface area (Å²) in [5, 5.41) is 0. The van der Waals surface area contributed by atoms with Crippen LogP contribution in [0.5, 0.6) is 0 Å². The van der Waals surface area contributed by atoms with E-state index in [4.69, 9.17) is 0 Å². The van der Waals surface area contributed by atoms with Gasteiger partial charge in [0.05, 0.1) is 0 Å². The van der Waals surface area contributed by atoms with E-state index < -0.39 is 0 Å². The van der Waals surface area contributed by atoms with Gasteiger partial charge in [-0.05, 0) is 70.9 Å². The average Bonchev–Trinajstić information content (AvgIpc) is 2.86. The van der Waals surface area contributed by atoms with Crippen molar-refractivity contribution in [3.8, 4) is 22.3 Å². The Morgan fingerprint density at radius 3 is 2.15 bits per heavy atom. The molecule has 0 aliphatic heterocycles. The first-order valence-corrected chi connectivity index (χ1v) is 13.5. The molecule has 0 saturated heterocycles. The Hall–Kier alpha value is -2.34. The van der Waals surface area contributed by atoms with Gasteiger partial charge in [-0.3, -0.25) is 0 Å². The Bertz CT molecular complexity index is 982. The SMILES string of the molecule is CCCCCC1CCCCC1C(CC)c1ccc(-c2ccc(-c3ccccc3)cc2)c(C)c1. The lowest BCUT2D eigenvalue weighted by atomic mass is 9.67. The number of unbranched alkanes of at least 4 members (excludes halogenated alkanes) is 2. The first-order chi connectivity index (χ1) is 16.2. The van der Waals surface area contributed by atoms with Crippen LogP contribution in [-0.4, -0.2) is 0 Å². The van der Waals surface area contributed by atoms with E-state index in [2.05, 4.69) is 93.6 Å². The molecule has 1 fully saturated rings. The summed E-state index contributed by atoms with van der Waals surface area (Å²) in [4.78, 5) is 0. The molecular weight excluding hydrogens is 396 g/mol. The van der Waals surface area contributed by atoms with Gasteiger partial charge in [-0.2, -0.15) is 0 Å². The van der Waals surface area contributed by atoms with Crippen LogP contribution in [-0.2, 0) is 0 Å². The molecule has 1 aliphatic carbocycles. The van der Waals surface area contributed by atoms with E-state index in [1.165, 1.54) is 85.6 Å². The van der Waals surface area contributed by atoms with Gasteiger partial charge in [0.1, 0.15) is 0 Å². The van der Waals surface area contributed by atoms with Gasteiger partial charge in [0.15, 0.2) is 0 Å². The van der Waals surface area contributed by atoms with Gasteiger partial charge in [0.2, 0.25) is 0 Å². The lowest BCUT2D eigenvalue weighted by molar-refractivity contribution is 0.182. The van der Waals surface area contributed by atoms with Crippen molar-refractivity contribution in [2.24, 2.45) is 11.8 Å². The molecular formula is C33H42. The molecule has 0 nitrogen and oxygen atoms in total. The third kappa shape index (κ3) is 5.78. The van der Waals surface area contributed by atoms with E-state index in [0.29, 0.717) is 5.92 Å². The van der Waals surface area contributed by atoms with Crippen molar-refractivity contribution in [1.82, 2.24) is 0 Å². The van der Waals surface area contributed by atoms with Crippen LogP contribution < -0.4 is 0 Å². The molecule has 1 saturated carbocycles. The predicted octanol–water partition coefficient (Wildman–Crippen LogP) is 10.2. The lowest BCUT2D eigenvalue weighted by Crippen LogP contribution is -2.25. The number of hydrogen-bond donors (Lipinski definition) is 0. The summed E-state index contributed by atoms with van der Waals surface area (Å²) in [5.41, 5.74) is 8.25. The van der Waals surface area contributed by atoms with E-state index in [0.717, 1.165) is 11.8 Å². The molecule has 0 spiro atoms. The fourth-order valence-electron chi connectivity index (χ4n) is 6.28. The van der Waals surface area contributed by atoms with Crippen molar-refractivity contribution in [2.75, 3.05) is 0 Å². The standard InChI is InChI=1S/C33H42/c1-4-6-8-15-28-16-11-12-17-33(28)31(5-2)30-22-23-32(25(3)24-30)29-20-18-27(19-21-29)26-13-9-7-10-14-26/h7,9-10,13-14,18-24,28,31,33H,4-6,8,11-12,15-17H2,1-3H3. The van der Waals surface area contributed by atoms with Crippen LogP contribution in [0.3, 0.4) is 0 Å². The molecule has 0 bridgehead atoms. The smallest absolute Gasteiger partial charge is 0.0133 e. The summed E-state index contributed by atoms with van der Waals surface area (Å²) in [6.45, 7) is 7.04. The fraction of sp³-hybridized carbons (Fsp3) is 0.455. The third-order valence-corrected chi connectivity index (χ3v) is 8.08. The second kappa shape index (κ2) is 11.7. The minimum absolute atomic E-state index is 0.713. The molecule has 0 heteroatoms. The molecule has 0 aromatic heterocycles. The largest absolute Gasteiger partial charge is 0.0654 e. The zero-order chi connectivity index (χ0) is 23.0. The Balaban J connectivity index is 1.53. The normalized spacial score (nSPS) is 19.4. The number of aryl methyl sites for hydroxylation is 1. The summed E-state index contributed by atoms with van der Waals surface area (Å²) in [7, 11) is 0. The monoisotopic (exact) mass is 438 g/mol. The molecule has 3 unspecified atom stereocenters. The van der Waals surface area contributed by atoms with Crippen LogP contribution in [0.1, 0.15) is 88.7 Å². The van der Waals surface area contributed by atoms with Gasteiger partial charge < -0.3 is 0 Å². The maximum Gasteiger partial charge on any atom is -0.0133 e. The van der Waals surface area contributed by atoms with Crippen molar-refractivity contribution in [3.63, 3.8) is 0 Å². The highest BCUT2D eigenvalue weighted by molar-refractivity contribution is 5.72. The Labute approximate surface area is 202 Å². The molecule has 0 radical (unpaired) electrons. The first kappa shape index (κ1) is 23.8. The van der Waals surface area contributed by atoms with E-state index in [9.17, 15) is 0 Å². The molecule has 0 N–H and O–H groups in total. The van der Waals surface area contributed by atoms with Crippen LogP contribution >= 0.6 is 0 Å². The van der Waals surface area contributed by atoms with Crippen LogP contribution in [0.25, 0.3) is 22.3 Å². The Morgan fingerprint density at radius 2 is 1.45 bits per heavy atom. The second-order valence-corrected chi connectivity index (χ2v) is 10.2. The number of benzene rings is 3. The fourth-order valence-corrected chi connectivity index (χ4v) is 6.28. The Morgan fingerprint density at radius 1 is 0.758 bits per heavy atom. The third-order valence-electron chi connectivity index (χ3n) is 8.08. The summed E-state index contributed by atoms with van der Waals surface area (Å²) in [6.07, 6.45) is 12.6. The van der Waals surface area contributed by atoms with Crippen LogP contribution in [0.2, 0.25) is 0 Å². The minimum atomic E-state index is 0.713. The van der Waals surface area contributed by atoms with Crippen molar-refractivity contribution < 1.29 is 0 Å². The molecule has 4 rings (SSSR count). The molecule has 1 aliphatic rings. The van der Waals surface area contributed by atoms with Crippen molar-refractivity contribution >= 4 is 0 Å². The summed E-state index contributed by atoms with van der Waals surface area (Å²) in [6, 6.07) is 27.1. The summed E-state index contributed by atoms with van der Waals surface area (Å²) >= 11 is 0. The van der Waals surface area contributed by atoms with Gasteiger partial charge in [-0.15, -0.1) is 0 Å². The highest BCUT2D eigenvalue weighted by atomic mass is 14.4. The van der Waals surface area contributed by atoms with E-state index in [1.54, 1.807) is 5.56 Å². The quantitative estimate of drug-likeness (QED) is 0.291. The zero-order valence-electron chi connectivity index (χ0n) is 21.0. The summed E-state index contributed by atoms with van der Waals surface area (Å²) < 4.78 is 0.